The molecule has 3 aromatic rings. The molecule has 94 valence electrons. The van der Waals surface area contributed by atoms with Crippen LogP contribution in [0.15, 0.2) is 61.1 Å². The number of pyridine rings is 1. The molecule has 4 nitrogen and oxygen atoms in total. The molecule has 0 aliphatic heterocycles. The van der Waals surface area contributed by atoms with Gasteiger partial charge in [0.2, 0.25) is 0 Å². The highest BCUT2D eigenvalue weighted by molar-refractivity contribution is 5.75. The fourth-order valence-electron chi connectivity index (χ4n) is 2.01. The van der Waals surface area contributed by atoms with Gasteiger partial charge in [-0.3, -0.25) is 9.67 Å². The lowest BCUT2D eigenvalue weighted by atomic mass is 10.1. The summed E-state index contributed by atoms with van der Waals surface area (Å²) in [5.41, 5.74) is 9.74. The van der Waals surface area contributed by atoms with Crippen molar-refractivity contribution in [2.75, 3.05) is 5.73 Å². The van der Waals surface area contributed by atoms with Gasteiger partial charge in [-0.15, -0.1) is 0 Å². The van der Waals surface area contributed by atoms with Crippen LogP contribution in [0.25, 0.3) is 11.1 Å². The summed E-state index contributed by atoms with van der Waals surface area (Å²) in [6.45, 7) is 0.660. The lowest BCUT2D eigenvalue weighted by Crippen LogP contribution is -2.01. The van der Waals surface area contributed by atoms with Crippen LogP contribution in [-0.2, 0) is 6.54 Å². The second-order valence-corrected chi connectivity index (χ2v) is 4.33. The van der Waals surface area contributed by atoms with Crippen molar-refractivity contribution in [1.29, 1.82) is 0 Å². The third-order valence-corrected chi connectivity index (χ3v) is 2.96. The van der Waals surface area contributed by atoms with Gasteiger partial charge in [-0.25, -0.2) is 0 Å². The normalized spacial score (nSPS) is 10.5. The lowest BCUT2D eigenvalue weighted by Gasteiger charge is -2.02. The molecule has 1 aromatic carbocycles. The van der Waals surface area contributed by atoms with Gasteiger partial charge in [0.25, 0.3) is 0 Å². The zero-order valence-electron chi connectivity index (χ0n) is 10.4. The van der Waals surface area contributed by atoms with Crippen molar-refractivity contribution in [2.24, 2.45) is 0 Å². The fourth-order valence-corrected chi connectivity index (χ4v) is 2.01. The molecule has 0 radical (unpaired) electrons. The predicted molar refractivity (Wildman–Crippen MR) is 75.4 cm³/mol. The number of nitrogen functional groups attached to an aromatic ring is 1. The molecule has 0 unspecified atom stereocenters. The van der Waals surface area contributed by atoms with Gasteiger partial charge in [0.1, 0.15) is 0 Å². The van der Waals surface area contributed by atoms with E-state index in [9.17, 15) is 0 Å². The van der Waals surface area contributed by atoms with Crippen molar-refractivity contribution in [3.63, 3.8) is 0 Å². The first-order valence-electron chi connectivity index (χ1n) is 6.10. The molecule has 4 heteroatoms. The Kier molecular flexibility index (Phi) is 2.98. The number of hydrogen-bond acceptors (Lipinski definition) is 3. The molecule has 0 amide bonds. The van der Waals surface area contributed by atoms with Gasteiger partial charge in [0.05, 0.1) is 18.4 Å². The number of hydrogen-bond donors (Lipinski definition) is 1. The second kappa shape index (κ2) is 4.94. The van der Waals surface area contributed by atoms with Crippen LogP contribution in [0.2, 0.25) is 0 Å². The number of para-hydroxylation sites is 1. The average molecular weight is 250 g/mol. The standard InChI is InChI=1S/C15H14N4/c16-15-7-2-1-6-14(15)12-9-18-19(10-12)11-13-5-3-4-8-17-13/h1-10H,11,16H2. The maximum Gasteiger partial charge on any atom is 0.0831 e. The van der Waals surface area contributed by atoms with E-state index in [1.165, 1.54) is 0 Å². The Morgan fingerprint density at radius 1 is 1.05 bits per heavy atom. The van der Waals surface area contributed by atoms with Crippen LogP contribution in [0, 0.1) is 0 Å². The van der Waals surface area contributed by atoms with Crippen LogP contribution in [0.3, 0.4) is 0 Å². The molecule has 0 fully saturated rings. The molecule has 2 N–H and O–H groups in total. The summed E-state index contributed by atoms with van der Waals surface area (Å²) >= 11 is 0. The van der Waals surface area contributed by atoms with Crippen molar-refractivity contribution < 1.29 is 0 Å². The van der Waals surface area contributed by atoms with Gasteiger partial charge in [-0.05, 0) is 18.2 Å². The Balaban J connectivity index is 1.86. The van der Waals surface area contributed by atoms with E-state index in [0.717, 1.165) is 22.5 Å². The minimum Gasteiger partial charge on any atom is -0.398 e. The number of benzene rings is 1. The third-order valence-electron chi connectivity index (χ3n) is 2.96. The molecule has 0 atom stereocenters. The molecule has 2 aromatic heterocycles. The maximum absolute atomic E-state index is 5.97. The van der Waals surface area contributed by atoms with Gasteiger partial charge in [0, 0.05) is 29.2 Å². The predicted octanol–water partition coefficient (Wildman–Crippen LogP) is 2.58. The highest BCUT2D eigenvalue weighted by atomic mass is 15.3. The van der Waals surface area contributed by atoms with Crippen LogP contribution >= 0.6 is 0 Å². The smallest absolute Gasteiger partial charge is 0.0831 e. The summed E-state index contributed by atoms with van der Waals surface area (Å²) in [5, 5.41) is 4.35. The molecule has 0 aliphatic rings. The Hall–Kier alpha value is -2.62. The van der Waals surface area contributed by atoms with Gasteiger partial charge in [-0.1, -0.05) is 24.3 Å². The Morgan fingerprint density at radius 2 is 1.89 bits per heavy atom. The summed E-state index contributed by atoms with van der Waals surface area (Å²) in [6.07, 6.45) is 5.60. The molecule has 0 spiro atoms. The topological polar surface area (TPSA) is 56.7 Å². The van der Waals surface area contributed by atoms with Crippen LogP contribution in [0.5, 0.6) is 0 Å². The zero-order chi connectivity index (χ0) is 13.1. The first-order valence-corrected chi connectivity index (χ1v) is 6.10. The number of rotatable bonds is 3. The quantitative estimate of drug-likeness (QED) is 0.727. The monoisotopic (exact) mass is 250 g/mol. The van der Waals surface area contributed by atoms with Gasteiger partial charge in [-0.2, -0.15) is 5.10 Å². The molecule has 0 bridgehead atoms. The van der Waals surface area contributed by atoms with Crippen molar-refractivity contribution in [1.82, 2.24) is 14.8 Å². The second-order valence-electron chi connectivity index (χ2n) is 4.33. The highest BCUT2D eigenvalue weighted by Gasteiger charge is 2.05. The molecular formula is C15H14N4. The molecule has 19 heavy (non-hydrogen) atoms. The van der Waals surface area contributed by atoms with Crippen LogP contribution in [0.1, 0.15) is 5.69 Å². The summed E-state index contributed by atoms with van der Waals surface area (Å²) in [6, 6.07) is 13.7. The van der Waals surface area contributed by atoms with Crippen molar-refractivity contribution in [3.05, 3.63) is 66.7 Å². The largest absolute Gasteiger partial charge is 0.398 e. The molecule has 3 rings (SSSR count). The lowest BCUT2D eigenvalue weighted by molar-refractivity contribution is 0.673. The van der Waals surface area contributed by atoms with E-state index in [2.05, 4.69) is 10.1 Å². The zero-order valence-corrected chi connectivity index (χ0v) is 10.4. The van der Waals surface area contributed by atoms with E-state index in [4.69, 9.17) is 5.73 Å². The SMILES string of the molecule is Nc1ccccc1-c1cnn(Cc2ccccn2)c1. The van der Waals surface area contributed by atoms with Crippen LogP contribution in [0.4, 0.5) is 5.69 Å². The number of nitrogens with two attached hydrogens (primary N) is 1. The van der Waals surface area contributed by atoms with Crippen molar-refractivity contribution in [3.8, 4) is 11.1 Å². The minimum atomic E-state index is 0.660. The molecule has 2 heterocycles. The average Bonchev–Trinajstić information content (AvgIpc) is 2.89. The van der Waals surface area contributed by atoms with E-state index in [0.29, 0.717) is 6.54 Å². The van der Waals surface area contributed by atoms with Gasteiger partial charge >= 0.3 is 0 Å². The number of aromatic nitrogens is 3. The van der Waals surface area contributed by atoms with E-state index < -0.39 is 0 Å². The Labute approximate surface area is 111 Å². The number of anilines is 1. The van der Waals surface area contributed by atoms with Crippen LogP contribution < -0.4 is 5.73 Å². The Morgan fingerprint density at radius 3 is 2.68 bits per heavy atom. The van der Waals surface area contributed by atoms with Crippen molar-refractivity contribution >= 4 is 5.69 Å². The molecule has 0 saturated carbocycles. The number of nitrogens with zero attached hydrogens (tertiary/aromatic N) is 3. The Bertz CT molecular complexity index is 673. The highest BCUT2D eigenvalue weighted by Crippen LogP contribution is 2.24. The van der Waals surface area contributed by atoms with E-state index in [1.54, 1.807) is 6.20 Å². The molecule has 0 saturated heterocycles. The third kappa shape index (κ3) is 2.47. The van der Waals surface area contributed by atoms with Gasteiger partial charge < -0.3 is 5.73 Å². The minimum absolute atomic E-state index is 0.660. The van der Waals surface area contributed by atoms with Crippen molar-refractivity contribution in [2.45, 2.75) is 6.54 Å². The molecular weight excluding hydrogens is 236 g/mol. The fraction of sp³-hybridized carbons (Fsp3) is 0.0667. The molecule has 0 aliphatic carbocycles. The summed E-state index contributed by atoms with van der Waals surface area (Å²) in [5.74, 6) is 0. The maximum atomic E-state index is 5.97. The van der Waals surface area contributed by atoms with E-state index in [1.807, 2.05) is 59.5 Å². The van der Waals surface area contributed by atoms with Crippen LogP contribution in [-0.4, -0.2) is 14.8 Å². The van der Waals surface area contributed by atoms with E-state index >= 15 is 0 Å². The van der Waals surface area contributed by atoms with Gasteiger partial charge in [0.15, 0.2) is 0 Å². The first kappa shape index (κ1) is 11.5. The summed E-state index contributed by atoms with van der Waals surface area (Å²) in [4.78, 5) is 4.29. The summed E-state index contributed by atoms with van der Waals surface area (Å²) in [7, 11) is 0. The van der Waals surface area contributed by atoms with E-state index in [-0.39, 0.29) is 0 Å². The first-order chi connectivity index (χ1) is 9.33. The summed E-state index contributed by atoms with van der Waals surface area (Å²) < 4.78 is 1.87.